The second kappa shape index (κ2) is 5.81. The number of sulfonamides is 1. The summed E-state index contributed by atoms with van der Waals surface area (Å²) in [4.78, 5) is 4.04. The van der Waals surface area contributed by atoms with Crippen LogP contribution in [-0.4, -0.2) is 24.8 Å². The van der Waals surface area contributed by atoms with Gasteiger partial charge in [0.15, 0.2) is 0 Å². The Morgan fingerprint density at radius 1 is 1.21 bits per heavy atom. The second-order valence-corrected chi connectivity index (χ2v) is 6.94. The molecule has 0 radical (unpaired) electrons. The molecule has 6 heteroatoms. The van der Waals surface area contributed by atoms with E-state index in [9.17, 15) is 8.42 Å². The number of benzene rings is 1. The standard InChI is InChI=1S/C13H13BrN2O2S/c1-16(10-11-5-2-3-7-13(11)14)19(17,18)12-6-4-8-15-9-12/h2-9H,10H2,1H3. The summed E-state index contributed by atoms with van der Waals surface area (Å²) in [5.74, 6) is 0. The molecule has 0 aliphatic rings. The number of hydrogen-bond donors (Lipinski definition) is 0. The smallest absolute Gasteiger partial charge is 0.244 e. The van der Waals surface area contributed by atoms with Crippen LogP contribution in [0.15, 0.2) is 58.2 Å². The summed E-state index contributed by atoms with van der Waals surface area (Å²) in [6, 6.07) is 10.7. The minimum atomic E-state index is -3.50. The van der Waals surface area contributed by atoms with Crippen molar-refractivity contribution in [3.63, 3.8) is 0 Å². The third-order valence-corrected chi connectivity index (χ3v) is 5.25. The predicted molar refractivity (Wildman–Crippen MR) is 77.0 cm³/mol. The van der Waals surface area contributed by atoms with E-state index in [1.165, 1.54) is 10.5 Å². The summed E-state index contributed by atoms with van der Waals surface area (Å²) in [6.07, 6.45) is 2.90. The maximum absolute atomic E-state index is 12.3. The fourth-order valence-electron chi connectivity index (χ4n) is 1.63. The molecule has 2 aromatic rings. The summed E-state index contributed by atoms with van der Waals surface area (Å²) in [5, 5.41) is 0. The van der Waals surface area contributed by atoms with Crippen LogP contribution in [-0.2, 0) is 16.6 Å². The van der Waals surface area contributed by atoms with E-state index in [0.29, 0.717) is 6.54 Å². The summed E-state index contributed by atoms with van der Waals surface area (Å²) in [5.41, 5.74) is 0.914. The summed E-state index contributed by atoms with van der Waals surface area (Å²) >= 11 is 3.41. The van der Waals surface area contributed by atoms with Gasteiger partial charge in [0, 0.05) is 30.5 Å². The van der Waals surface area contributed by atoms with Gasteiger partial charge in [0.05, 0.1) is 0 Å². The van der Waals surface area contributed by atoms with Crippen molar-refractivity contribution in [2.75, 3.05) is 7.05 Å². The fourth-order valence-corrected chi connectivity index (χ4v) is 3.15. The first kappa shape index (κ1) is 14.2. The monoisotopic (exact) mass is 340 g/mol. The van der Waals surface area contributed by atoms with Crippen molar-refractivity contribution in [1.82, 2.24) is 9.29 Å². The predicted octanol–water partition coefficient (Wildman–Crippen LogP) is 2.66. The first-order valence-electron chi connectivity index (χ1n) is 5.61. The van der Waals surface area contributed by atoms with Gasteiger partial charge in [-0.2, -0.15) is 4.31 Å². The van der Waals surface area contributed by atoms with Crippen molar-refractivity contribution < 1.29 is 8.42 Å². The molecule has 0 spiro atoms. The van der Waals surface area contributed by atoms with Crippen molar-refractivity contribution in [3.05, 3.63) is 58.8 Å². The maximum atomic E-state index is 12.3. The van der Waals surface area contributed by atoms with Crippen molar-refractivity contribution >= 4 is 26.0 Å². The van der Waals surface area contributed by atoms with Crippen LogP contribution in [0, 0.1) is 0 Å². The van der Waals surface area contributed by atoms with Crippen LogP contribution < -0.4 is 0 Å². The van der Waals surface area contributed by atoms with E-state index < -0.39 is 10.0 Å². The molecule has 0 atom stereocenters. The Hall–Kier alpha value is -1.24. The van der Waals surface area contributed by atoms with E-state index in [4.69, 9.17) is 0 Å². The summed E-state index contributed by atoms with van der Waals surface area (Å²) in [7, 11) is -1.95. The van der Waals surface area contributed by atoms with E-state index in [1.807, 2.05) is 24.3 Å². The summed E-state index contributed by atoms with van der Waals surface area (Å²) < 4.78 is 26.8. The minimum Gasteiger partial charge on any atom is -0.263 e. The van der Waals surface area contributed by atoms with Gasteiger partial charge in [-0.3, -0.25) is 4.98 Å². The minimum absolute atomic E-state index is 0.199. The topological polar surface area (TPSA) is 50.3 Å². The van der Waals surface area contributed by atoms with Gasteiger partial charge in [-0.1, -0.05) is 34.1 Å². The van der Waals surface area contributed by atoms with Gasteiger partial charge in [-0.05, 0) is 23.8 Å². The molecule has 4 nitrogen and oxygen atoms in total. The molecule has 0 bridgehead atoms. The van der Waals surface area contributed by atoms with Gasteiger partial charge < -0.3 is 0 Å². The highest BCUT2D eigenvalue weighted by Crippen LogP contribution is 2.20. The molecule has 0 amide bonds. The summed E-state index contributed by atoms with van der Waals surface area (Å²) in [6.45, 7) is 0.304. The molecule has 1 aromatic heterocycles. The Labute approximate surface area is 121 Å². The molecule has 0 fully saturated rings. The van der Waals surface area contributed by atoms with Crippen LogP contribution >= 0.6 is 15.9 Å². The van der Waals surface area contributed by atoms with Crippen molar-refractivity contribution in [2.24, 2.45) is 0 Å². The number of nitrogens with zero attached hydrogens (tertiary/aromatic N) is 2. The highest BCUT2D eigenvalue weighted by atomic mass is 79.9. The second-order valence-electron chi connectivity index (χ2n) is 4.04. The Morgan fingerprint density at radius 3 is 2.58 bits per heavy atom. The molecule has 0 saturated heterocycles. The first-order valence-corrected chi connectivity index (χ1v) is 7.85. The first-order chi connectivity index (χ1) is 9.01. The Kier molecular flexibility index (Phi) is 4.34. The lowest BCUT2D eigenvalue weighted by molar-refractivity contribution is 0.466. The van der Waals surface area contributed by atoms with Crippen molar-refractivity contribution in [3.8, 4) is 0 Å². The quantitative estimate of drug-likeness (QED) is 0.859. The van der Waals surface area contributed by atoms with Crippen molar-refractivity contribution in [2.45, 2.75) is 11.4 Å². The number of halogens is 1. The third kappa shape index (κ3) is 3.20. The Morgan fingerprint density at radius 2 is 1.95 bits per heavy atom. The zero-order valence-electron chi connectivity index (χ0n) is 10.3. The van der Waals surface area contributed by atoms with Crippen LogP contribution in [0.2, 0.25) is 0 Å². The van der Waals surface area contributed by atoms with E-state index in [0.717, 1.165) is 10.0 Å². The average molecular weight is 341 g/mol. The normalized spacial score (nSPS) is 11.7. The third-order valence-electron chi connectivity index (χ3n) is 2.69. The SMILES string of the molecule is CN(Cc1ccccc1Br)S(=O)(=O)c1cccnc1. The highest BCUT2D eigenvalue weighted by Gasteiger charge is 2.21. The van der Waals surface area contributed by atoms with Gasteiger partial charge >= 0.3 is 0 Å². The number of hydrogen-bond acceptors (Lipinski definition) is 3. The fraction of sp³-hybridized carbons (Fsp3) is 0.154. The Balaban J connectivity index is 2.26. The van der Waals surface area contributed by atoms with E-state index >= 15 is 0 Å². The van der Waals surface area contributed by atoms with Gasteiger partial charge in [0.2, 0.25) is 10.0 Å². The molecule has 1 aromatic carbocycles. The number of rotatable bonds is 4. The molecule has 0 saturated carbocycles. The van der Waals surface area contributed by atoms with Crippen molar-refractivity contribution in [1.29, 1.82) is 0 Å². The molecule has 0 aliphatic heterocycles. The Bertz CT molecular complexity index is 659. The van der Waals surface area contributed by atoms with E-state index in [2.05, 4.69) is 20.9 Å². The molecular formula is C13H13BrN2O2S. The largest absolute Gasteiger partial charge is 0.263 e. The zero-order chi connectivity index (χ0) is 13.9. The molecule has 19 heavy (non-hydrogen) atoms. The number of pyridine rings is 1. The highest BCUT2D eigenvalue weighted by molar-refractivity contribution is 9.10. The van der Waals surface area contributed by atoms with Gasteiger partial charge in [-0.15, -0.1) is 0 Å². The molecular weight excluding hydrogens is 328 g/mol. The van der Waals surface area contributed by atoms with Gasteiger partial charge in [-0.25, -0.2) is 8.42 Å². The van der Waals surface area contributed by atoms with Crippen LogP contribution in [0.1, 0.15) is 5.56 Å². The molecule has 0 N–H and O–H groups in total. The van der Waals surface area contributed by atoms with Gasteiger partial charge in [0.25, 0.3) is 0 Å². The van der Waals surface area contributed by atoms with Crippen LogP contribution in [0.25, 0.3) is 0 Å². The molecule has 2 rings (SSSR count). The molecule has 100 valence electrons. The lowest BCUT2D eigenvalue weighted by Crippen LogP contribution is -2.26. The van der Waals surface area contributed by atoms with E-state index in [1.54, 1.807) is 25.4 Å². The average Bonchev–Trinajstić information content (AvgIpc) is 2.42. The lowest BCUT2D eigenvalue weighted by atomic mass is 10.2. The number of aromatic nitrogens is 1. The molecule has 1 heterocycles. The van der Waals surface area contributed by atoms with Crippen LogP contribution in [0.5, 0.6) is 0 Å². The zero-order valence-corrected chi connectivity index (χ0v) is 12.7. The van der Waals surface area contributed by atoms with Gasteiger partial charge in [0.1, 0.15) is 4.90 Å². The molecule has 0 aliphatic carbocycles. The molecule has 0 unspecified atom stereocenters. The van der Waals surface area contributed by atoms with Crippen LogP contribution in [0.3, 0.4) is 0 Å². The van der Waals surface area contributed by atoms with E-state index in [-0.39, 0.29) is 4.90 Å². The van der Waals surface area contributed by atoms with Crippen LogP contribution in [0.4, 0.5) is 0 Å². The maximum Gasteiger partial charge on any atom is 0.244 e. The lowest BCUT2D eigenvalue weighted by Gasteiger charge is -2.17.